The molecule has 0 saturated heterocycles. The number of para-hydroxylation sites is 1. The van der Waals surface area contributed by atoms with E-state index in [4.69, 9.17) is 0 Å². The first-order valence-corrected chi connectivity index (χ1v) is 8.92. The van der Waals surface area contributed by atoms with Gasteiger partial charge in [-0.15, -0.1) is 0 Å². The van der Waals surface area contributed by atoms with Gasteiger partial charge in [-0.1, -0.05) is 66.2 Å². The molecule has 0 atom stereocenters. The zero-order valence-electron chi connectivity index (χ0n) is 15.2. The van der Waals surface area contributed by atoms with Gasteiger partial charge < -0.3 is 10.6 Å². The Labute approximate surface area is 159 Å². The van der Waals surface area contributed by atoms with E-state index in [1.165, 1.54) is 0 Å². The third-order valence-electron chi connectivity index (χ3n) is 4.20. The zero-order valence-corrected chi connectivity index (χ0v) is 15.2. The standard InChI is InChI=1S/C23H22N2O2/c1-17-8-7-11-19(16-17)23(27)24-15-14-22(26)25-21-13-6-5-12-20(21)18-9-3-2-4-10-18/h2-13,16H,14-15H2,1H3,(H,24,27)(H,25,26). The van der Waals surface area contributed by atoms with Crippen LogP contribution in [-0.4, -0.2) is 18.4 Å². The lowest BCUT2D eigenvalue weighted by Gasteiger charge is -2.11. The highest BCUT2D eigenvalue weighted by molar-refractivity contribution is 5.97. The van der Waals surface area contributed by atoms with Crippen molar-refractivity contribution in [2.45, 2.75) is 13.3 Å². The topological polar surface area (TPSA) is 58.2 Å². The summed E-state index contributed by atoms with van der Waals surface area (Å²) in [5.41, 5.74) is 4.40. The van der Waals surface area contributed by atoms with E-state index in [9.17, 15) is 9.59 Å². The molecule has 0 unspecified atom stereocenters. The van der Waals surface area contributed by atoms with Crippen LogP contribution in [0.1, 0.15) is 22.3 Å². The van der Waals surface area contributed by atoms with Crippen molar-refractivity contribution in [3.05, 3.63) is 90.0 Å². The molecule has 2 N–H and O–H groups in total. The largest absolute Gasteiger partial charge is 0.352 e. The summed E-state index contributed by atoms with van der Waals surface area (Å²) in [7, 11) is 0. The van der Waals surface area contributed by atoms with Crippen LogP contribution in [0.2, 0.25) is 0 Å². The molecule has 0 saturated carbocycles. The summed E-state index contributed by atoms with van der Waals surface area (Å²) in [6.45, 7) is 2.22. The minimum Gasteiger partial charge on any atom is -0.352 e. The van der Waals surface area contributed by atoms with Gasteiger partial charge in [0.05, 0.1) is 0 Å². The van der Waals surface area contributed by atoms with Crippen molar-refractivity contribution in [2.24, 2.45) is 0 Å². The average molecular weight is 358 g/mol. The second kappa shape index (κ2) is 8.81. The summed E-state index contributed by atoms with van der Waals surface area (Å²) in [4.78, 5) is 24.4. The van der Waals surface area contributed by atoms with E-state index in [1.807, 2.05) is 79.7 Å². The smallest absolute Gasteiger partial charge is 0.251 e. The predicted octanol–water partition coefficient (Wildman–Crippen LogP) is 4.42. The van der Waals surface area contributed by atoms with E-state index >= 15 is 0 Å². The number of anilines is 1. The lowest BCUT2D eigenvalue weighted by Crippen LogP contribution is -2.27. The van der Waals surface area contributed by atoms with Crippen LogP contribution < -0.4 is 10.6 Å². The Morgan fingerprint density at radius 3 is 2.37 bits per heavy atom. The van der Waals surface area contributed by atoms with Crippen LogP contribution >= 0.6 is 0 Å². The van der Waals surface area contributed by atoms with E-state index in [0.29, 0.717) is 5.56 Å². The fourth-order valence-electron chi connectivity index (χ4n) is 2.85. The molecule has 27 heavy (non-hydrogen) atoms. The number of aryl methyl sites for hydroxylation is 1. The van der Waals surface area contributed by atoms with Gasteiger partial charge in [0.2, 0.25) is 5.91 Å². The summed E-state index contributed by atoms with van der Waals surface area (Å²) < 4.78 is 0. The van der Waals surface area contributed by atoms with Crippen molar-refractivity contribution in [3.8, 4) is 11.1 Å². The highest BCUT2D eigenvalue weighted by Crippen LogP contribution is 2.27. The Morgan fingerprint density at radius 2 is 1.59 bits per heavy atom. The molecule has 0 aliphatic carbocycles. The third-order valence-corrected chi connectivity index (χ3v) is 4.20. The number of rotatable bonds is 6. The molecule has 3 rings (SSSR count). The molecular formula is C23H22N2O2. The van der Waals surface area contributed by atoms with Crippen LogP contribution in [0, 0.1) is 6.92 Å². The lowest BCUT2D eigenvalue weighted by molar-refractivity contribution is -0.116. The van der Waals surface area contributed by atoms with Gasteiger partial charge in [-0.3, -0.25) is 9.59 Å². The second-order valence-electron chi connectivity index (χ2n) is 6.34. The summed E-state index contributed by atoms with van der Waals surface area (Å²) in [6.07, 6.45) is 0.209. The number of carbonyl (C=O) groups is 2. The first-order valence-electron chi connectivity index (χ1n) is 8.92. The molecule has 136 valence electrons. The summed E-state index contributed by atoms with van der Waals surface area (Å²) in [5, 5.41) is 5.73. The van der Waals surface area contributed by atoms with Crippen LogP contribution in [0.15, 0.2) is 78.9 Å². The fraction of sp³-hybridized carbons (Fsp3) is 0.130. The van der Waals surface area contributed by atoms with Gasteiger partial charge in [0.1, 0.15) is 0 Å². The average Bonchev–Trinajstić information content (AvgIpc) is 2.69. The van der Waals surface area contributed by atoms with Gasteiger partial charge in [0.15, 0.2) is 0 Å². The maximum atomic E-state index is 12.3. The van der Waals surface area contributed by atoms with Gasteiger partial charge in [-0.2, -0.15) is 0 Å². The Balaban J connectivity index is 1.57. The number of amides is 2. The molecule has 0 bridgehead atoms. The number of hydrogen-bond acceptors (Lipinski definition) is 2. The van der Waals surface area contributed by atoms with Gasteiger partial charge in [-0.25, -0.2) is 0 Å². The summed E-state index contributed by atoms with van der Waals surface area (Å²) >= 11 is 0. The highest BCUT2D eigenvalue weighted by Gasteiger charge is 2.09. The number of hydrogen-bond donors (Lipinski definition) is 2. The van der Waals surface area contributed by atoms with E-state index in [1.54, 1.807) is 6.07 Å². The van der Waals surface area contributed by atoms with Crippen molar-refractivity contribution >= 4 is 17.5 Å². The van der Waals surface area contributed by atoms with Crippen LogP contribution in [0.5, 0.6) is 0 Å². The fourth-order valence-corrected chi connectivity index (χ4v) is 2.85. The molecular weight excluding hydrogens is 336 g/mol. The molecule has 0 radical (unpaired) electrons. The van der Waals surface area contributed by atoms with E-state index < -0.39 is 0 Å². The van der Waals surface area contributed by atoms with E-state index in [0.717, 1.165) is 22.4 Å². The molecule has 0 aromatic heterocycles. The Bertz CT molecular complexity index is 936. The lowest BCUT2D eigenvalue weighted by atomic mass is 10.0. The summed E-state index contributed by atoms with van der Waals surface area (Å²) in [6, 6.07) is 25.0. The molecule has 4 heteroatoms. The second-order valence-corrected chi connectivity index (χ2v) is 6.34. The van der Waals surface area contributed by atoms with Crippen LogP contribution in [0.4, 0.5) is 5.69 Å². The van der Waals surface area contributed by atoms with Crippen LogP contribution in [-0.2, 0) is 4.79 Å². The van der Waals surface area contributed by atoms with Gasteiger partial charge in [0, 0.05) is 29.8 Å². The molecule has 2 amide bonds. The van der Waals surface area contributed by atoms with Gasteiger partial charge >= 0.3 is 0 Å². The quantitative estimate of drug-likeness (QED) is 0.685. The number of nitrogens with one attached hydrogen (secondary N) is 2. The molecule has 3 aromatic rings. The Morgan fingerprint density at radius 1 is 0.852 bits per heavy atom. The highest BCUT2D eigenvalue weighted by atomic mass is 16.2. The van der Waals surface area contributed by atoms with Crippen LogP contribution in [0.25, 0.3) is 11.1 Å². The van der Waals surface area contributed by atoms with Gasteiger partial charge in [0.25, 0.3) is 5.91 Å². The third kappa shape index (κ3) is 5.05. The number of benzene rings is 3. The normalized spacial score (nSPS) is 10.3. The maximum absolute atomic E-state index is 12.3. The molecule has 0 aliphatic rings. The van der Waals surface area contributed by atoms with Crippen molar-refractivity contribution < 1.29 is 9.59 Å². The maximum Gasteiger partial charge on any atom is 0.251 e. The van der Waals surface area contributed by atoms with Crippen molar-refractivity contribution in [2.75, 3.05) is 11.9 Å². The van der Waals surface area contributed by atoms with Crippen molar-refractivity contribution in [3.63, 3.8) is 0 Å². The van der Waals surface area contributed by atoms with E-state index in [-0.39, 0.29) is 24.8 Å². The molecule has 4 nitrogen and oxygen atoms in total. The predicted molar refractivity (Wildman–Crippen MR) is 109 cm³/mol. The Kier molecular flexibility index (Phi) is 6.00. The first kappa shape index (κ1) is 18.4. The van der Waals surface area contributed by atoms with E-state index in [2.05, 4.69) is 10.6 Å². The van der Waals surface area contributed by atoms with Crippen molar-refractivity contribution in [1.29, 1.82) is 0 Å². The minimum atomic E-state index is -0.170. The van der Waals surface area contributed by atoms with Gasteiger partial charge in [-0.05, 0) is 30.7 Å². The monoisotopic (exact) mass is 358 g/mol. The molecule has 0 heterocycles. The van der Waals surface area contributed by atoms with Crippen LogP contribution in [0.3, 0.4) is 0 Å². The SMILES string of the molecule is Cc1cccc(C(=O)NCCC(=O)Nc2ccccc2-c2ccccc2)c1. The molecule has 0 spiro atoms. The number of carbonyl (C=O) groups excluding carboxylic acids is 2. The summed E-state index contributed by atoms with van der Waals surface area (Å²) in [5.74, 6) is -0.306. The Hall–Kier alpha value is -3.40. The van der Waals surface area contributed by atoms with Crippen molar-refractivity contribution in [1.82, 2.24) is 5.32 Å². The minimum absolute atomic E-state index is 0.136. The first-order chi connectivity index (χ1) is 13.1. The zero-order chi connectivity index (χ0) is 19.1. The molecule has 3 aromatic carbocycles. The molecule has 0 aliphatic heterocycles. The molecule has 0 fully saturated rings.